The number of esters is 1. The minimum absolute atomic E-state index is 0.378. The Morgan fingerprint density at radius 3 is 2.50 bits per heavy atom. The standard InChI is InChI=1S/C18H26O4/c1-3-18(22-17(21)9(2)16(19)20)8-12-7-13(18)15-11-5-4-10(6-11)14(12)15/h9-15H,3-8H2,1-2H3,(H,19,20). The monoisotopic (exact) mass is 306 g/mol. The second-order valence-electron chi connectivity index (χ2n) is 8.19. The molecule has 122 valence electrons. The molecular weight excluding hydrogens is 280 g/mol. The fraction of sp³-hybridized carbons (Fsp3) is 0.889. The van der Waals surface area contributed by atoms with Gasteiger partial charge in [0.25, 0.3) is 0 Å². The van der Waals surface area contributed by atoms with E-state index < -0.39 is 17.9 Å². The Labute approximate surface area is 131 Å². The van der Waals surface area contributed by atoms with E-state index in [2.05, 4.69) is 6.92 Å². The maximum absolute atomic E-state index is 12.2. The van der Waals surface area contributed by atoms with Gasteiger partial charge in [0.2, 0.25) is 0 Å². The lowest BCUT2D eigenvalue weighted by atomic mass is 9.65. The van der Waals surface area contributed by atoms with Crippen LogP contribution in [0.25, 0.3) is 0 Å². The molecule has 0 heterocycles. The largest absolute Gasteiger partial charge is 0.481 e. The van der Waals surface area contributed by atoms with Gasteiger partial charge in [-0.3, -0.25) is 9.59 Å². The maximum atomic E-state index is 12.2. The Hall–Kier alpha value is -1.06. The summed E-state index contributed by atoms with van der Waals surface area (Å²) in [6.45, 7) is 3.53. The first kappa shape index (κ1) is 14.5. The maximum Gasteiger partial charge on any atom is 0.320 e. The minimum atomic E-state index is -1.09. The molecule has 4 rings (SSSR count). The Morgan fingerprint density at radius 1 is 1.18 bits per heavy atom. The normalized spacial score (nSPS) is 49.2. The molecule has 0 aromatic heterocycles. The van der Waals surface area contributed by atoms with Gasteiger partial charge in [0.15, 0.2) is 5.92 Å². The Kier molecular flexibility index (Phi) is 3.11. The number of rotatable bonds is 4. The fourth-order valence-corrected chi connectivity index (χ4v) is 6.68. The van der Waals surface area contributed by atoms with E-state index in [1.54, 1.807) is 0 Å². The third kappa shape index (κ3) is 1.75. The molecule has 4 aliphatic rings. The van der Waals surface area contributed by atoms with Crippen molar-refractivity contribution in [1.29, 1.82) is 0 Å². The summed E-state index contributed by atoms with van der Waals surface area (Å²) in [7, 11) is 0. The van der Waals surface area contributed by atoms with E-state index >= 15 is 0 Å². The predicted molar refractivity (Wildman–Crippen MR) is 79.9 cm³/mol. The molecule has 1 N–H and O–H groups in total. The molecule has 4 bridgehead atoms. The molecular formula is C18H26O4. The number of carboxylic acid groups (broad SMARTS) is 1. The van der Waals surface area contributed by atoms with Crippen LogP contribution in [-0.2, 0) is 14.3 Å². The molecule has 8 atom stereocenters. The van der Waals surface area contributed by atoms with E-state index in [1.165, 1.54) is 32.6 Å². The van der Waals surface area contributed by atoms with E-state index in [0.29, 0.717) is 11.8 Å². The zero-order chi connectivity index (χ0) is 15.6. The van der Waals surface area contributed by atoms with E-state index in [1.807, 2.05) is 0 Å². The summed E-state index contributed by atoms with van der Waals surface area (Å²) in [6, 6.07) is 0. The highest BCUT2D eigenvalue weighted by Gasteiger charge is 2.67. The van der Waals surface area contributed by atoms with Crippen molar-refractivity contribution in [2.75, 3.05) is 0 Å². The molecule has 4 fully saturated rings. The number of carbonyl (C=O) groups excluding carboxylic acids is 1. The molecule has 4 heteroatoms. The number of carboxylic acids is 1. The average molecular weight is 306 g/mol. The first-order valence-corrected chi connectivity index (χ1v) is 8.92. The van der Waals surface area contributed by atoms with Gasteiger partial charge in [-0.25, -0.2) is 0 Å². The average Bonchev–Trinajstić information content (AvgIpc) is 3.23. The van der Waals surface area contributed by atoms with Crippen molar-refractivity contribution in [3.63, 3.8) is 0 Å². The topological polar surface area (TPSA) is 63.6 Å². The van der Waals surface area contributed by atoms with Gasteiger partial charge in [-0.1, -0.05) is 6.92 Å². The van der Waals surface area contributed by atoms with E-state index in [4.69, 9.17) is 9.84 Å². The van der Waals surface area contributed by atoms with Crippen molar-refractivity contribution in [1.82, 2.24) is 0 Å². The zero-order valence-corrected chi connectivity index (χ0v) is 13.5. The SMILES string of the molecule is CCC1(OC(=O)C(C)C(=O)O)CC2CC1C1C3CCC(C3)C21. The molecule has 0 aliphatic heterocycles. The highest BCUT2D eigenvalue weighted by Crippen LogP contribution is 2.70. The van der Waals surface area contributed by atoms with Crippen LogP contribution in [0.1, 0.15) is 52.4 Å². The lowest BCUT2D eigenvalue weighted by Crippen LogP contribution is -2.48. The third-order valence-corrected chi connectivity index (χ3v) is 7.52. The van der Waals surface area contributed by atoms with Crippen LogP contribution in [0.4, 0.5) is 0 Å². The van der Waals surface area contributed by atoms with Gasteiger partial charge in [0, 0.05) is 5.92 Å². The van der Waals surface area contributed by atoms with Crippen LogP contribution in [-0.4, -0.2) is 22.6 Å². The minimum Gasteiger partial charge on any atom is -0.481 e. The van der Waals surface area contributed by atoms with Crippen molar-refractivity contribution in [2.24, 2.45) is 41.4 Å². The van der Waals surface area contributed by atoms with Gasteiger partial charge in [-0.15, -0.1) is 0 Å². The van der Waals surface area contributed by atoms with Gasteiger partial charge in [-0.05, 0) is 75.0 Å². The number of hydrogen-bond acceptors (Lipinski definition) is 3. The van der Waals surface area contributed by atoms with Crippen LogP contribution in [0.2, 0.25) is 0 Å². The third-order valence-electron chi connectivity index (χ3n) is 7.52. The lowest BCUT2D eigenvalue weighted by molar-refractivity contribution is -0.180. The van der Waals surface area contributed by atoms with Gasteiger partial charge in [-0.2, -0.15) is 0 Å². The molecule has 4 aliphatic carbocycles. The summed E-state index contributed by atoms with van der Waals surface area (Å²) in [6.07, 6.45) is 7.15. The Balaban J connectivity index is 1.56. The fourth-order valence-electron chi connectivity index (χ4n) is 6.68. The van der Waals surface area contributed by atoms with Crippen molar-refractivity contribution < 1.29 is 19.4 Å². The van der Waals surface area contributed by atoms with Gasteiger partial charge < -0.3 is 9.84 Å². The molecule has 0 amide bonds. The summed E-state index contributed by atoms with van der Waals surface area (Å²) >= 11 is 0. The molecule has 0 aromatic rings. The first-order chi connectivity index (χ1) is 10.5. The Morgan fingerprint density at radius 2 is 1.86 bits per heavy atom. The lowest BCUT2D eigenvalue weighted by Gasteiger charge is -2.45. The highest BCUT2D eigenvalue weighted by atomic mass is 16.6. The molecule has 8 unspecified atom stereocenters. The second-order valence-corrected chi connectivity index (χ2v) is 8.19. The summed E-state index contributed by atoms with van der Waals surface area (Å²) in [5.74, 6) is 1.88. The van der Waals surface area contributed by atoms with Crippen LogP contribution in [0.15, 0.2) is 0 Å². The molecule has 0 spiro atoms. The van der Waals surface area contributed by atoms with E-state index in [-0.39, 0.29) is 5.60 Å². The van der Waals surface area contributed by atoms with E-state index in [9.17, 15) is 9.59 Å². The smallest absolute Gasteiger partial charge is 0.320 e. The van der Waals surface area contributed by atoms with Crippen LogP contribution in [0, 0.1) is 41.4 Å². The summed E-state index contributed by atoms with van der Waals surface area (Å²) in [5.41, 5.74) is -0.378. The summed E-state index contributed by atoms with van der Waals surface area (Å²) < 4.78 is 5.90. The summed E-state index contributed by atoms with van der Waals surface area (Å²) in [4.78, 5) is 23.3. The molecule has 4 saturated carbocycles. The second kappa shape index (κ2) is 4.72. The Bertz CT molecular complexity index is 515. The van der Waals surface area contributed by atoms with Crippen LogP contribution < -0.4 is 0 Å². The van der Waals surface area contributed by atoms with Crippen molar-refractivity contribution in [3.05, 3.63) is 0 Å². The number of hydrogen-bond donors (Lipinski definition) is 1. The van der Waals surface area contributed by atoms with Crippen molar-refractivity contribution >= 4 is 11.9 Å². The highest BCUT2D eigenvalue weighted by molar-refractivity contribution is 5.93. The van der Waals surface area contributed by atoms with Crippen molar-refractivity contribution in [2.45, 2.75) is 58.0 Å². The van der Waals surface area contributed by atoms with Crippen LogP contribution in [0.3, 0.4) is 0 Å². The first-order valence-electron chi connectivity index (χ1n) is 8.92. The van der Waals surface area contributed by atoms with Crippen LogP contribution >= 0.6 is 0 Å². The summed E-state index contributed by atoms with van der Waals surface area (Å²) in [5, 5.41) is 9.05. The molecule has 0 radical (unpaired) electrons. The molecule has 22 heavy (non-hydrogen) atoms. The number of carbonyl (C=O) groups is 2. The predicted octanol–water partition coefficient (Wildman–Crippen LogP) is 3.10. The van der Waals surface area contributed by atoms with Gasteiger partial charge >= 0.3 is 11.9 Å². The number of fused-ring (bicyclic) bond motifs is 9. The van der Waals surface area contributed by atoms with E-state index in [0.717, 1.165) is 36.5 Å². The molecule has 0 aromatic carbocycles. The van der Waals surface area contributed by atoms with Gasteiger partial charge in [0.1, 0.15) is 5.60 Å². The number of ether oxygens (including phenoxy) is 1. The quantitative estimate of drug-likeness (QED) is 0.492. The van der Waals surface area contributed by atoms with Crippen LogP contribution in [0.5, 0.6) is 0 Å². The van der Waals surface area contributed by atoms with Gasteiger partial charge in [0.05, 0.1) is 0 Å². The molecule has 0 saturated heterocycles. The zero-order valence-electron chi connectivity index (χ0n) is 13.5. The number of aliphatic carboxylic acids is 1. The molecule has 4 nitrogen and oxygen atoms in total. The van der Waals surface area contributed by atoms with Crippen molar-refractivity contribution in [3.8, 4) is 0 Å².